The molecule has 2 unspecified atom stereocenters. The van der Waals surface area contributed by atoms with Gasteiger partial charge in [-0.2, -0.15) is 0 Å². The molecule has 1 aliphatic carbocycles. The van der Waals surface area contributed by atoms with Crippen molar-refractivity contribution in [2.75, 3.05) is 13.6 Å². The van der Waals surface area contributed by atoms with Gasteiger partial charge in [-0.15, -0.1) is 0 Å². The van der Waals surface area contributed by atoms with Gasteiger partial charge in [-0.25, -0.2) is 0 Å². The minimum Gasteiger partial charge on any atom is -0.358 e. The van der Waals surface area contributed by atoms with Crippen LogP contribution in [0.2, 0.25) is 0 Å². The second kappa shape index (κ2) is 7.66. The van der Waals surface area contributed by atoms with E-state index >= 15 is 0 Å². The van der Waals surface area contributed by atoms with Gasteiger partial charge in [0.25, 0.3) is 0 Å². The lowest BCUT2D eigenvalue weighted by atomic mass is 9.95. The van der Waals surface area contributed by atoms with Crippen molar-refractivity contribution in [3.05, 3.63) is 0 Å². The first-order valence-corrected chi connectivity index (χ1v) is 6.70. The molecule has 1 amide bonds. The summed E-state index contributed by atoms with van der Waals surface area (Å²) in [7, 11) is 1.69. The normalized spacial score (nSPS) is 26.1. The highest BCUT2D eigenvalue weighted by atomic mass is 16.1. The van der Waals surface area contributed by atoms with E-state index in [1.54, 1.807) is 7.05 Å². The number of carbonyl (C=O) groups excluding carboxylic acids is 1. The molecule has 1 fully saturated rings. The first-order valence-electron chi connectivity index (χ1n) is 6.70. The molecular weight excluding hydrogens is 200 g/mol. The zero-order valence-electron chi connectivity index (χ0n) is 10.7. The molecule has 0 saturated heterocycles. The highest BCUT2D eigenvalue weighted by molar-refractivity contribution is 5.77. The summed E-state index contributed by atoms with van der Waals surface area (Å²) >= 11 is 0. The van der Waals surface area contributed by atoms with Gasteiger partial charge in [0.1, 0.15) is 0 Å². The van der Waals surface area contributed by atoms with E-state index < -0.39 is 0 Å². The summed E-state index contributed by atoms with van der Waals surface area (Å²) < 4.78 is 0. The number of amides is 1. The van der Waals surface area contributed by atoms with Crippen LogP contribution in [0, 0.1) is 5.92 Å². The van der Waals surface area contributed by atoms with Gasteiger partial charge in [0.15, 0.2) is 0 Å². The number of rotatable bonds is 5. The summed E-state index contributed by atoms with van der Waals surface area (Å²) in [5.74, 6) is 1.02. The molecule has 0 aliphatic heterocycles. The third kappa shape index (κ3) is 4.97. The Hall–Kier alpha value is -0.570. The Balaban J connectivity index is 2.22. The number of likely N-dealkylation sites (N-methyl/N-ethyl adjacent to an activating group) is 1. The lowest BCUT2D eigenvalue weighted by molar-refractivity contribution is -0.119. The first-order chi connectivity index (χ1) is 7.76. The maximum Gasteiger partial charge on any atom is 0.233 e. The smallest absolute Gasteiger partial charge is 0.233 e. The highest BCUT2D eigenvalue weighted by Crippen LogP contribution is 2.26. The molecule has 2 N–H and O–H groups in total. The van der Waals surface area contributed by atoms with Crippen molar-refractivity contribution in [2.24, 2.45) is 5.92 Å². The van der Waals surface area contributed by atoms with Crippen molar-refractivity contribution in [1.82, 2.24) is 10.6 Å². The summed E-state index contributed by atoms with van der Waals surface area (Å²) in [5, 5.41) is 6.01. The number of hydrogen-bond donors (Lipinski definition) is 2. The quantitative estimate of drug-likeness (QED) is 0.705. The molecular formula is C13H26N2O. The summed E-state index contributed by atoms with van der Waals surface area (Å²) in [6.45, 7) is 2.74. The van der Waals surface area contributed by atoms with Crippen LogP contribution in [-0.2, 0) is 4.79 Å². The Kier molecular flexibility index (Phi) is 6.46. The number of carbonyl (C=O) groups is 1. The molecule has 0 radical (unpaired) electrons. The first kappa shape index (κ1) is 13.5. The van der Waals surface area contributed by atoms with Crippen LogP contribution < -0.4 is 10.6 Å². The molecule has 94 valence electrons. The van der Waals surface area contributed by atoms with Crippen molar-refractivity contribution < 1.29 is 4.79 Å². The van der Waals surface area contributed by atoms with Crippen LogP contribution in [0.3, 0.4) is 0 Å². The van der Waals surface area contributed by atoms with E-state index in [-0.39, 0.29) is 5.91 Å². The molecule has 0 aromatic heterocycles. The Bertz CT molecular complexity index is 206. The van der Waals surface area contributed by atoms with Gasteiger partial charge in [0.2, 0.25) is 5.91 Å². The Morgan fingerprint density at radius 2 is 2.06 bits per heavy atom. The molecule has 16 heavy (non-hydrogen) atoms. The largest absolute Gasteiger partial charge is 0.358 e. The monoisotopic (exact) mass is 226 g/mol. The van der Waals surface area contributed by atoms with Crippen molar-refractivity contribution in [3.8, 4) is 0 Å². The van der Waals surface area contributed by atoms with Crippen LogP contribution in [0.4, 0.5) is 0 Å². The number of hydrogen-bond acceptors (Lipinski definition) is 2. The van der Waals surface area contributed by atoms with Crippen LogP contribution in [0.1, 0.15) is 51.9 Å². The van der Waals surface area contributed by atoms with Gasteiger partial charge >= 0.3 is 0 Å². The standard InChI is InChI=1S/C13H26N2O/c1-3-5-11-6-4-7-12(9-8-11)15-10-13(16)14-2/h11-12,15H,3-10H2,1-2H3,(H,14,16). The third-order valence-electron chi connectivity index (χ3n) is 3.62. The SMILES string of the molecule is CCCC1CCCC(NCC(=O)NC)CC1. The topological polar surface area (TPSA) is 41.1 Å². The molecule has 1 rings (SSSR count). The minimum atomic E-state index is 0.0920. The average molecular weight is 226 g/mol. The lowest BCUT2D eigenvalue weighted by Gasteiger charge is -2.16. The molecule has 0 aromatic carbocycles. The molecule has 0 spiro atoms. The summed E-state index contributed by atoms with van der Waals surface area (Å²) in [6, 6.07) is 0.555. The van der Waals surface area contributed by atoms with Crippen molar-refractivity contribution in [1.29, 1.82) is 0 Å². The summed E-state index contributed by atoms with van der Waals surface area (Å²) in [4.78, 5) is 11.1. The van der Waals surface area contributed by atoms with E-state index in [2.05, 4.69) is 17.6 Å². The lowest BCUT2D eigenvalue weighted by Crippen LogP contribution is -2.37. The predicted octanol–water partition coefficient (Wildman–Crippen LogP) is 2.07. The van der Waals surface area contributed by atoms with Crippen LogP contribution in [0.5, 0.6) is 0 Å². The van der Waals surface area contributed by atoms with Crippen molar-refractivity contribution in [2.45, 2.75) is 57.9 Å². The zero-order chi connectivity index (χ0) is 11.8. The molecule has 0 bridgehead atoms. The van der Waals surface area contributed by atoms with Gasteiger partial charge < -0.3 is 10.6 Å². The fourth-order valence-corrected chi connectivity index (χ4v) is 2.60. The highest BCUT2D eigenvalue weighted by Gasteiger charge is 2.18. The fraction of sp³-hybridized carbons (Fsp3) is 0.923. The van der Waals surface area contributed by atoms with E-state index in [9.17, 15) is 4.79 Å². The Morgan fingerprint density at radius 3 is 2.75 bits per heavy atom. The Labute approximate surface area is 99.4 Å². The van der Waals surface area contributed by atoms with Crippen LogP contribution in [0.15, 0.2) is 0 Å². The Morgan fingerprint density at radius 1 is 1.25 bits per heavy atom. The van der Waals surface area contributed by atoms with Crippen molar-refractivity contribution in [3.63, 3.8) is 0 Å². The number of nitrogens with one attached hydrogen (secondary N) is 2. The average Bonchev–Trinajstić information content (AvgIpc) is 2.52. The van der Waals surface area contributed by atoms with E-state index in [4.69, 9.17) is 0 Å². The van der Waals surface area contributed by atoms with E-state index in [0.29, 0.717) is 12.6 Å². The fourth-order valence-electron chi connectivity index (χ4n) is 2.60. The van der Waals surface area contributed by atoms with E-state index in [1.165, 1.54) is 44.9 Å². The molecule has 1 aliphatic rings. The summed E-state index contributed by atoms with van der Waals surface area (Å²) in [6.07, 6.45) is 9.18. The molecule has 3 nitrogen and oxygen atoms in total. The molecule has 3 heteroatoms. The maximum atomic E-state index is 11.1. The van der Waals surface area contributed by atoms with E-state index in [1.807, 2.05) is 0 Å². The van der Waals surface area contributed by atoms with Crippen LogP contribution >= 0.6 is 0 Å². The van der Waals surface area contributed by atoms with Crippen molar-refractivity contribution >= 4 is 5.91 Å². The second-order valence-corrected chi connectivity index (χ2v) is 4.91. The third-order valence-corrected chi connectivity index (χ3v) is 3.62. The predicted molar refractivity (Wildman–Crippen MR) is 67.3 cm³/mol. The van der Waals surface area contributed by atoms with Gasteiger partial charge in [0, 0.05) is 13.1 Å². The second-order valence-electron chi connectivity index (χ2n) is 4.91. The van der Waals surface area contributed by atoms with Crippen LogP contribution in [0.25, 0.3) is 0 Å². The minimum absolute atomic E-state index is 0.0920. The zero-order valence-corrected chi connectivity index (χ0v) is 10.7. The van der Waals surface area contributed by atoms with Gasteiger partial charge in [-0.3, -0.25) is 4.79 Å². The molecule has 0 aromatic rings. The van der Waals surface area contributed by atoms with Crippen LogP contribution in [-0.4, -0.2) is 25.5 Å². The maximum absolute atomic E-state index is 11.1. The van der Waals surface area contributed by atoms with E-state index in [0.717, 1.165) is 5.92 Å². The summed E-state index contributed by atoms with van der Waals surface area (Å²) in [5.41, 5.74) is 0. The molecule has 1 saturated carbocycles. The molecule has 0 heterocycles. The van der Waals surface area contributed by atoms with Gasteiger partial charge in [-0.05, 0) is 25.2 Å². The van der Waals surface area contributed by atoms with Gasteiger partial charge in [-0.1, -0.05) is 32.6 Å². The van der Waals surface area contributed by atoms with Gasteiger partial charge in [0.05, 0.1) is 6.54 Å². The molecule has 2 atom stereocenters.